The van der Waals surface area contributed by atoms with E-state index in [2.05, 4.69) is 20.2 Å². The van der Waals surface area contributed by atoms with E-state index in [1.165, 1.54) is 18.6 Å². The second-order valence-corrected chi connectivity index (χ2v) is 12.4. The van der Waals surface area contributed by atoms with Crippen molar-refractivity contribution in [3.05, 3.63) is 30.2 Å². The first-order chi connectivity index (χ1) is 16.8. The molecule has 1 amide bonds. The molecule has 0 bridgehead atoms. The zero-order valence-corrected chi connectivity index (χ0v) is 20.9. The fraction of sp³-hybridized carbons (Fsp3) is 0.478. The van der Waals surface area contributed by atoms with Crippen LogP contribution in [-0.2, 0) is 14.6 Å². The molecule has 1 aliphatic heterocycles. The van der Waals surface area contributed by atoms with Crippen molar-refractivity contribution in [3.8, 4) is 11.4 Å². The second-order valence-electron chi connectivity index (χ2n) is 9.08. The van der Waals surface area contributed by atoms with Gasteiger partial charge in [-0.15, -0.1) is 11.8 Å². The molecule has 35 heavy (non-hydrogen) atoms. The van der Waals surface area contributed by atoms with Crippen LogP contribution in [0.1, 0.15) is 32.1 Å². The minimum absolute atomic E-state index is 0.103. The number of nitrogens with one attached hydrogen (secondary N) is 1. The van der Waals surface area contributed by atoms with Crippen LogP contribution in [0.2, 0.25) is 0 Å². The summed E-state index contributed by atoms with van der Waals surface area (Å²) in [6, 6.07) is 3.71. The second kappa shape index (κ2) is 9.73. The highest BCUT2D eigenvalue weighted by Crippen LogP contribution is 2.35. The highest BCUT2D eigenvalue weighted by atomic mass is 32.2. The fourth-order valence-corrected chi connectivity index (χ4v) is 5.99. The summed E-state index contributed by atoms with van der Waals surface area (Å²) in [4.78, 5) is 23.0. The van der Waals surface area contributed by atoms with Gasteiger partial charge in [0.1, 0.15) is 10.8 Å². The van der Waals surface area contributed by atoms with Gasteiger partial charge in [0, 0.05) is 24.6 Å². The lowest BCUT2D eigenvalue weighted by Gasteiger charge is -2.32. The number of fused-ring (bicyclic) bond motifs is 1. The lowest BCUT2D eigenvalue weighted by Crippen LogP contribution is -2.40. The molecular formula is C23H26FN5O4S2. The molecule has 186 valence electrons. The van der Waals surface area contributed by atoms with E-state index in [-0.39, 0.29) is 27.6 Å². The SMILES string of the molecule is CS(=O)(=O)c1ccc(-c2nc(SC3CCN(C(=O)OCC4CCC4)CC3)c3cn[nH]c3n2)c(F)c1. The summed E-state index contributed by atoms with van der Waals surface area (Å²) < 4.78 is 43.8. The predicted octanol–water partition coefficient (Wildman–Crippen LogP) is 4.06. The number of H-pyrrole nitrogens is 1. The Labute approximate surface area is 206 Å². The number of carbonyl (C=O) groups excluding carboxylic acids is 1. The van der Waals surface area contributed by atoms with Gasteiger partial charge in [0.15, 0.2) is 21.3 Å². The Balaban J connectivity index is 1.30. The molecule has 12 heteroatoms. The molecule has 1 saturated carbocycles. The number of aromatic amines is 1. The summed E-state index contributed by atoms with van der Waals surface area (Å²) >= 11 is 1.56. The highest BCUT2D eigenvalue weighted by Gasteiger charge is 2.27. The van der Waals surface area contributed by atoms with Crippen molar-refractivity contribution in [1.29, 1.82) is 0 Å². The molecule has 3 heterocycles. The lowest BCUT2D eigenvalue weighted by molar-refractivity contribution is 0.0674. The number of carbonyl (C=O) groups is 1. The quantitative estimate of drug-likeness (QED) is 0.485. The zero-order valence-electron chi connectivity index (χ0n) is 19.2. The Bertz CT molecular complexity index is 1350. The van der Waals surface area contributed by atoms with Gasteiger partial charge in [-0.05, 0) is 49.8 Å². The molecule has 3 aromatic rings. The van der Waals surface area contributed by atoms with Crippen LogP contribution in [0.4, 0.5) is 9.18 Å². The number of hydrogen-bond donors (Lipinski definition) is 1. The van der Waals surface area contributed by atoms with Crippen LogP contribution in [0, 0.1) is 11.7 Å². The molecular weight excluding hydrogens is 493 g/mol. The number of halogens is 1. The van der Waals surface area contributed by atoms with Crippen LogP contribution >= 0.6 is 11.8 Å². The first-order valence-electron chi connectivity index (χ1n) is 11.6. The summed E-state index contributed by atoms with van der Waals surface area (Å²) in [7, 11) is -3.53. The zero-order chi connectivity index (χ0) is 24.6. The smallest absolute Gasteiger partial charge is 0.409 e. The largest absolute Gasteiger partial charge is 0.449 e. The van der Waals surface area contributed by atoms with Crippen LogP contribution in [0.15, 0.2) is 34.3 Å². The maximum Gasteiger partial charge on any atom is 0.409 e. The highest BCUT2D eigenvalue weighted by molar-refractivity contribution is 8.00. The van der Waals surface area contributed by atoms with Crippen LogP contribution in [0.3, 0.4) is 0 Å². The van der Waals surface area contributed by atoms with Crippen LogP contribution < -0.4 is 0 Å². The third-order valence-corrected chi connectivity index (χ3v) is 8.98. The molecule has 1 aromatic carbocycles. The molecule has 1 aliphatic carbocycles. The topological polar surface area (TPSA) is 118 Å². The number of hydrogen-bond acceptors (Lipinski definition) is 8. The van der Waals surface area contributed by atoms with Gasteiger partial charge in [-0.2, -0.15) is 5.10 Å². The standard InChI is InChI=1S/C23H26FN5O4S2/c1-35(31,32)16-5-6-17(19(24)11-16)20-26-21-18(12-25-28-21)22(27-20)34-15-7-9-29(10-8-15)23(30)33-13-14-3-2-4-14/h5-6,11-12,14-15H,2-4,7-10,13H2,1H3,(H,25,26,27,28). The molecule has 2 aromatic heterocycles. The maximum atomic E-state index is 14.8. The Morgan fingerprint density at radius 1 is 1.23 bits per heavy atom. The summed E-state index contributed by atoms with van der Waals surface area (Å²) in [6.07, 6.45) is 7.48. The third kappa shape index (κ3) is 5.27. The van der Waals surface area contributed by atoms with E-state index in [1.807, 2.05) is 0 Å². The van der Waals surface area contributed by atoms with Crippen molar-refractivity contribution < 1.29 is 22.3 Å². The molecule has 0 atom stereocenters. The molecule has 0 spiro atoms. The van der Waals surface area contributed by atoms with Crippen LogP contribution in [-0.4, -0.2) is 70.8 Å². The van der Waals surface area contributed by atoms with Crippen LogP contribution in [0.25, 0.3) is 22.4 Å². The van der Waals surface area contributed by atoms with E-state index in [0.29, 0.717) is 36.3 Å². The van der Waals surface area contributed by atoms with Gasteiger partial charge in [0.05, 0.1) is 28.6 Å². The van der Waals surface area contributed by atoms with E-state index >= 15 is 0 Å². The van der Waals surface area contributed by atoms with Crippen molar-refractivity contribution >= 4 is 38.7 Å². The van der Waals surface area contributed by atoms with Crippen molar-refractivity contribution in [2.24, 2.45) is 5.92 Å². The van der Waals surface area contributed by atoms with Crippen molar-refractivity contribution in [2.45, 2.75) is 47.3 Å². The van der Waals surface area contributed by atoms with E-state index < -0.39 is 15.7 Å². The number of nitrogens with zero attached hydrogens (tertiary/aromatic N) is 4. The lowest BCUT2D eigenvalue weighted by atomic mass is 9.86. The van der Waals surface area contributed by atoms with Gasteiger partial charge in [-0.3, -0.25) is 5.10 Å². The van der Waals surface area contributed by atoms with Crippen molar-refractivity contribution in [3.63, 3.8) is 0 Å². The van der Waals surface area contributed by atoms with E-state index in [0.717, 1.165) is 43.4 Å². The summed E-state index contributed by atoms with van der Waals surface area (Å²) in [6.45, 7) is 1.72. The molecule has 0 radical (unpaired) electrons. The number of aromatic nitrogens is 4. The van der Waals surface area contributed by atoms with Gasteiger partial charge in [0.2, 0.25) is 0 Å². The molecule has 1 N–H and O–H groups in total. The molecule has 1 saturated heterocycles. The van der Waals surface area contributed by atoms with Gasteiger partial charge >= 0.3 is 6.09 Å². The number of sulfone groups is 1. The fourth-order valence-electron chi connectivity index (χ4n) is 4.18. The predicted molar refractivity (Wildman–Crippen MR) is 129 cm³/mol. The average Bonchev–Trinajstić information content (AvgIpc) is 3.27. The van der Waals surface area contributed by atoms with Crippen molar-refractivity contribution in [1.82, 2.24) is 25.1 Å². The Morgan fingerprint density at radius 3 is 2.66 bits per heavy atom. The van der Waals surface area contributed by atoms with E-state index in [9.17, 15) is 17.6 Å². The number of ether oxygens (including phenoxy) is 1. The summed E-state index contributed by atoms with van der Waals surface area (Å²) in [5, 5.41) is 8.48. The number of amides is 1. The Kier molecular flexibility index (Phi) is 6.67. The van der Waals surface area contributed by atoms with Crippen molar-refractivity contribution in [2.75, 3.05) is 26.0 Å². The first-order valence-corrected chi connectivity index (χ1v) is 14.3. The molecule has 0 unspecified atom stereocenters. The minimum Gasteiger partial charge on any atom is -0.449 e. The minimum atomic E-state index is -3.53. The molecule has 2 fully saturated rings. The van der Waals surface area contributed by atoms with Gasteiger partial charge in [-0.25, -0.2) is 27.6 Å². The average molecular weight is 520 g/mol. The van der Waals surface area contributed by atoms with Crippen LogP contribution in [0.5, 0.6) is 0 Å². The van der Waals surface area contributed by atoms with E-state index in [1.54, 1.807) is 22.9 Å². The number of rotatable bonds is 6. The maximum absolute atomic E-state index is 14.8. The molecule has 5 rings (SSSR count). The van der Waals surface area contributed by atoms with E-state index in [4.69, 9.17) is 4.74 Å². The first kappa shape index (κ1) is 24.0. The summed E-state index contributed by atoms with van der Waals surface area (Å²) in [5.74, 6) is -0.0425. The molecule has 2 aliphatic rings. The third-order valence-electron chi connectivity index (χ3n) is 6.53. The molecule has 9 nitrogen and oxygen atoms in total. The Hall–Kier alpha value is -2.73. The number of thioether (sulfide) groups is 1. The van der Waals surface area contributed by atoms with Gasteiger partial charge < -0.3 is 9.64 Å². The normalized spacial score (nSPS) is 17.5. The Morgan fingerprint density at radius 2 is 2.00 bits per heavy atom. The van der Waals surface area contributed by atoms with Gasteiger partial charge in [-0.1, -0.05) is 6.42 Å². The number of likely N-dealkylation sites (tertiary alicyclic amines) is 1. The van der Waals surface area contributed by atoms with Gasteiger partial charge in [0.25, 0.3) is 0 Å². The monoisotopic (exact) mass is 519 g/mol. The summed E-state index contributed by atoms with van der Waals surface area (Å²) in [5.41, 5.74) is 0.584. The number of piperidine rings is 1. The number of benzene rings is 1.